The number of carbonyl (C=O) groups is 1. The number of ether oxygens (including phenoxy) is 1. The number of hydrogen-bond acceptors (Lipinski definition) is 2. The van der Waals surface area contributed by atoms with Crippen LogP contribution in [-0.4, -0.2) is 12.5 Å². The van der Waals surface area contributed by atoms with Crippen molar-refractivity contribution in [2.45, 2.75) is 33.6 Å². The van der Waals surface area contributed by atoms with Crippen LogP contribution < -0.4 is 10.1 Å². The van der Waals surface area contributed by atoms with Crippen molar-refractivity contribution < 1.29 is 9.53 Å². The molecule has 0 bridgehead atoms. The van der Waals surface area contributed by atoms with Crippen LogP contribution in [0.5, 0.6) is 5.75 Å². The van der Waals surface area contributed by atoms with Gasteiger partial charge in [-0.25, -0.2) is 0 Å². The van der Waals surface area contributed by atoms with Gasteiger partial charge in [-0.15, -0.1) is 0 Å². The van der Waals surface area contributed by atoms with Gasteiger partial charge in [0.25, 0.3) is 5.91 Å². The monoisotopic (exact) mass is 375 g/mol. The first-order valence-electron chi connectivity index (χ1n) is 7.82. The van der Waals surface area contributed by atoms with E-state index < -0.39 is 0 Å². The molecule has 1 N–H and O–H groups in total. The first-order chi connectivity index (χ1) is 11.0. The Kier molecular flexibility index (Phi) is 6.22. The number of amides is 1. The number of carbonyl (C=O) groups excluding carboxylic acids is 1. The minimum atomic E-state index is -0.112. The van der Waals surface area contributed by atoms with Gasteiger partial charge in [-0.2, -0.15) is 0 Å². The molecule has 0 heterocycles. The summed E-state index contributed by atoms with van der Waals surface area (Å²) in [4.78, 5) is 12.4. The summed E-state index contributed by atoms with van der Waals surface area (Å²) in [5, 5.41) is 2.99. The molecule has 0 radical (unpaired) electrons. The molecule has 2 aromatic rings. The van der Waals surface area contributed by atoms with Crippen molar-refractivity contribution in [1.82, 2.24) is 0 Å². The van der Waals surface area contributed by atoms with Crippen LogP contribution in [0.3, 0.4) is 0 Å². The molecule has 1 amide bonds. The molecule has 0 aliphatic heterocycles. The van der Waals surface area contributed by atoms with Gasteiger partial charge in [0.1, 0.15) is 5.75 Å². The van der Waals surface area contributed by atoms with Crippen molar-refractivity contribution in [3.8, 4) is 5.75 Å². The van der Waals surface area contributed by atoms with Gasteiger partial charge < -0.3 is 10.1 Å². The van der Waals surface area contributed by atoms with Gasteiger partial charge in [0.2, 0.25) is 0 Å². The number of rotatable bonds is 6. The average Bonchev–Trinajstić information content (AvgIpc) is 2.51. The van der Waals surface area contributed by atoms with E-state index in [1.54, 1.807) is 12.1 Å². The lowest BCUT2D eigenvalue weighted by atomic mass is 10.1. The molecule has 2 aromatic carbocycles. The second-order valence-corrected chi connectivity index (χ2v) is 6.51. The van der Waals surface area contributed by atoms with E-state index in [0.29, 0.717) is 12.2 Å². The first-order valence-corrected chi connectivity index (χ1v) is 8.61. The average molecular weight is 376 g/mol. The number of unbranched alkanes of at least 4 members (excludes halogenated alkanes) is 1. The molecule has 4 heteroatoms. The molecule has 122 valence electrons. The van der Waals surface area contributed by atoms with Crippen molar-refractivity contribution in [3.05, 3.63) is 57.6 Å². The summed E-state index contributed by atoms with van der Waals surface area (Å²) in [7, 11) is 0. The largest absolute Gasteiger partial charge is 0.494 e. The molecule has 0 saturated carbocycles. The molecule has 23 heavy (non-hydrogen) atoms. The summed E-state index contributed by atoms with van der Waals surface area (Å²) in [5.74, 6) is 0.685. The minimum Gasteiger partial charge on any atom is -0.494 e. The maximum Gasteiger partial charge on any atom is 0.255 e. The lowest BCUT2D eigenvalue weighted by Gasteiger charge is -2.13. The van der Waals surface area contributed by atoms with Gasteiger partial charge in [0.15, 0.2) is 0 Å². The molecule has 0 saturated heterocycles. The van der Waals surface area contributed by atoms with Gasteiger partial charge >= 0.3 is 0 Å². The van der Waals surface area contributed by atoms with Crippen LogP contribution in [0, 0.1) is 13.8 Å². The zero-order chi connectivity index (χ0) is 16.8. The summed E-state index contributed by atoms with van der Waals surface area (Å²) in [6, 6.07) is 11.2. The molecule has 2 rings (SSSR count). The minimum absolute atomic E-state index is 0.112. The first kappa shape index (κ1) is 17.5. The Hall–Kier alpha value is -1.81. The molecule has 0 aliphatic carbocycles. The third-order valence-electron chi connectivity index (χ3n) is 3.62. The van der Waals surface area contributed by atoms with Gasteiger partial charge in [-0.3, -0.25) is 4.79 Å². The number of aryl methyl sites for hydroxylation is 2. The lowest BCUT2D eigenvalue weighted by molar-refractivity contribution is 0.102. The zero-order valence-electron chi connectivity index (χ0n) is 13.8. The van der Waals surface area contributed by atoms with Crippen LogP contribution >= 0.6 is 15.9 Å². The normalized spacial score (nSPS) is 10.4. The smallest absolute Gasteiger partial charge is 0.255 e. The Bertz CT molecular complexity index is 657. The van der Waals surface area contributed by atoms with E-state index in [4.69, 9.17) is 4.74 Å². The maximum atomic E-state index is 12.4. The van der Waals surface area contributed by atoms with Crippen molar-refractivity contribution in [2.24, 2.45) is 0 Å². The Balaban J connectivity index is 2.06. The standard InChI is InChI=1S/C19H22BrNO2/c1-4-5-10-23-17-8-6-15(7-9-17)19(22)21-18-13(2)11-16(20)12-14(18)3/h6-9,11-12H,4-5,10H2,1-3H3,(H,21,22). The second kappa shape index (κ2) is 8.16. The Morgan fingerprint density at radius 2 is 1.74 bits per heavy atom. The summed E-state index contributed by atoms with van der Waals surface area (Å²) in [5.41, 5.74) is 3.55. The highest BCUT2D eigenvalue weighted by Gasteiger charge is 2.10. The number of nitrogens with one attached hydrogen (secondary N) is 1. The van der Waals surface area contributed by atoms with E-state index >= 15 is 0 Å². The zero-order valence-corrected chi connectivity index (χ0v) is 15.4. The fourth-order valence-corrected chi connectivity index (χ4v) is 3.02. The van der Waals surface area contributed by atoms with E-state index in [0.717, 1.165) is 39.9 Å². The predicted molar refractivity (Wildman–Crippen MR) is 98.4 cm³/mol. The molecule has 0 atom stereocenters. The SMILES string of the molecule is CCCCOc1ccc(C(=O)Nc2c(C)cc(Br)cc2C)cc1. The Morgan fingerprint density at radius 3 is 2.30 bits per heavy atom. The number of benzene rings is 2. The third kappa shape index (κ3) is 4.83. The number of anilines is 1. The lowest BCUT2D eigenvalue weighted by Crippen LogP contribution is -2.13. The van der Waals surface area contributed by atoms with Crippen LogP contribution in [0.4, 0.5) is 5.69 Å². The van der Waals surface area contributed by atoms with Crippen molar-refractivity contribution in [1.29, 1.82) is 0 Å². The molecular weight excluding hydrogens is 354 g/mol. The maximum absolute atomic E-state index is 12.4. The van der Waals surface area contributed by atoms with Crippen LogP contribution in [0.25, 0.3) is 0 Å². The van der Waals surface area contributed by atoms with Crippen molar-refractivity contribution >= 4 is 27.5 Å². The van der Waals surface area contributed by atoms with Crippen LogP contribution in [0.2, 0.25) is 0 Å². The fourth-order valence-electron chi connectivity index (χ4n) is 2.33. The van der Waals surface area contributed by atoms with Gasteiger partial charge in [-0.05, 0) is 67.8 Å². The molecule has 0 unspecified atom stereocenters. The summed E-state index contributed by atoms with van der Waals surface area (Å²) >= 11 is 3.47. The molecule has 3 nitrogen and oxygen atoms in total. The fraction of sp³-hybridized carbons (Fsp3) is 0.316. The van der Waals surface area contributed by atoms with Crippen LogP contribution in [-0.2, 0) is 0 Å². The van der Waals surface area contributed by atoms with Gasteiger partial charge in [0.05, 0.1) is 6.61 Å². The number of halogens is 1. The van der Waals surface area contributed by atoms with Crippen LogP contribution in [0.15, 0.2) is 40.9 Å². The highest BCUT2D eigenvalue weighted by Crippen LogP contribution is 2.25. The quantitative estimate of drug-likeness (QED) is 0.677. The Morgan fingerprint density at radius 1 is 1.13 bits per heavy atom. The molecule has 0 spiro atoms. The third-order valence-corrected chi connectivity index (χ3v) is 4.08. The Labute approximate surface area is 146 Å². The predicted octanol–water partition coefficient (Wildman–Crippen LogP) is 5.50. The second-order valence-electron chi connectivity index (χ2n) is 5.60. The van der Waals surface area contributed by atoms with E-state index in [-0.39, 0.29) is 5.91 Å². The topological polar surface area (TPSA) is 38.3 Å². The van der Waals surface area contributed by atoms with E-state index in [2.05, 4.69) is 28.2 Å². The highest BCUT2D eigenvalue weighted by molar-refractivity contribution is 9.10. The molecular formula is C19H22BrNO2. The van der Waals surface area contributed by atoms with Crippen LogP contribution in [0.1, 0.15) is 41.3 Å². The number of hydrogen-bond donors (Lipinski definition) is 1. The highest BCUT2D eigenvalue weighted by atomic mass is 79.9. The van der Waals surface area contributed by atoms with E-state index in [9.17, 15) is 4.79 Å². The van der Waals surface area contributed by atoms with E-state index in [1.165, 1.54) is 0 Å². The molecule has 0 aliphatic rings. The summed E-state index contributed by atoms with van der Waals surface area (Å²) in [6.45, 7) is 6.80. The van der Waals surface area contributed by atoms with Crippen molar-refractivity contribution in [3.63, 3.8) is 0 Å². The van der Waals surface area contributed by atoms with Gasteiger partial charge in [-0.1, -0.05) is 29.3 Å². The van der Waals surface area contributed by atoms with Gasteiger partial charge in [0, 0.05) is 15.7 Å². The van der Waals surface area contributed by atoms with E-state index in [1.807, 2.05) is 38.1 Å². The van der Waals surface area contributed by atoms with Crippen molar-refractivity contribution in [2.75, 3.05) is 11.9 Å². The summed E-state index contributed by atoms with van der Waals surface area (Å²) < 4.78 is 6.63. The molecule has 0 aromatic heterocycles. The molecule has 0 fully saturated rings. The summed E-state index contributed by atoms with van der Waals surface area (Å²) in [6.07, 6.45) is 2.14.